The molecule has 0 radical (unpaired) electrons. The van der Waals surface area contributed by atoms with Gasteiger partial charge < -0.3 is 10.5 Å². The van der Waals surface area contributed by atoms with Crippen LogP contribution in [-0.2, 0) is 0 Å². The van der Waals surface area contributed by atoms with Gasteiger partial charge in [-0.2, -0.15) is 0 Å². The predicted molar refractivity (Wildman–Crippen MR) is 81.4 cm³/mol. The zero-order valence-corrected chi connectivity index (χ0v) is 11.6. The summed E-state index contributed by atoms with van der Waals surface area (Å²) in [5, 5.41) is 0. The summed E-state index contributed by atoms with van der Waals surface area (Å²) >= 11 is 0. The molecule has 0 aliphatic heterocycles. The molecule has 0 atom stereocenters. The van der Waals surface area contributed by atoms with E-state index >= 15 is 0 Å². The summed E-state index contributed by atoms with van der Waals surface area (Å²) in [5.41, 5.74) is 10.2. The van der Waals surface area contributed by atoms with Gasteiger partial charge in [0.05, 0.1) is 17.6 Å². The van der Waals surface area contributed by atoms with Crippen molar-refractivity contribution in [1.82, 2.24) is 9.55 Å². The Kier molecular flexibility index (Phi) is 3.06. The van der Waals surface area contributed by atoms with Crippen LogP contribution in [0.25, 0.3) is 16.7 Å². The quantitative estimate of drug-likeness (QED) is 0.792. The largest absolute Gasteiger partial charge is 0.494 e. The smallest absolute Gasteiger partial charge is 0.205 e. The molecule has 3 aromatic rings. The molecule has 0 amide bonds. The van der Waals surface area contributed by atoms with Gasteiger partial charge in [-0.05, 0) is 49.7 Å². The van der Waals surface area contributed by atoms with Crippen molar-refractivity contribution in [3.05, 3.63) is 48.0 Å². The first-order chi connectivity index (χ1) is 9.70. The standard InChI is InChI=1S/C16H17N3O/c1-3-20-13-9-7-12(8-10-13)19-15-11(2)5-4-6-14(15)18-16(19)17/h4-10H,3H2,1-2H3,(H2,17,18). The number of anilines is 1. The number of nitrogens with zero attached hydrogens (tertiary/aromatic N) is 2. The molecular formula is C16H17N3O. The molecule has 4 nitrogen and oxygen atoms in total. The zero-order chi connectivity index (χ0) is 14.1. The first-order valence-electron chi connectivity index (χ1n) is 6.67. The lowest BCUT2D eigenvalue weighted by molar-refractivity contribution is 0.340. The van der Waals surface area contributed by atoms with Gasteiger partial charge in [0.2, 0.25) is 5.95 Å². The number of aryl methyl sites for hydroxylation is 1. The highest BCUT2D eigenvalue weighted by Crippen LogP contribution is 2.26. The molecule has 0 saturated carbocycles. The van der Waals surface area contributed by atoms with Crippen LogP contribution in [0.15, 0.2) is 42.5 Å². The summed E-state index contributed by atoms with van der Waals surface area (Å²) in [7, 11) is 0. The summed E-state index contributed by atoms with van der Waals surface area (Å²) in [5.74, 6) is 1.36. The molecule has 0 bridgehead atoms. The normalized spacial score (nSPS) is 10.9. The average Bonchev–Trinajstić information content (AvgIpc) is 2.78. The lowest BCUT2D eigenvalue weighted by atomic mass is 10.2. The molecule has 2 aromatic carbocycles. The molecule has 4 heteroatoms. The summed E-state index contributed by atoms with van der Waals surface area (Å²) in [4.78, 5) is 4.42. The van der Waals surface area contributed by atoms with E-state index in [-0.39, 0.29) is 0 Å². The van der Waals surface area contributed by atoms with E-state index in [0.717, 1.165) is 28.0 Å². The molecule has 0 fully saturated rings. The van der Waals surface area contributed by atoms with E-state index in [9.17, 15) is 0 Å². The van der Waals surface area contributed by atoms with Crippen LogP contribution in [0, 0.1) is 6.92 Å². The second-order valence-electron chi connectivity index (χ2n) is 4.67. The minimum atomic E-state index is 0.499. The van der Waals surface area contributed by atoms with Crippen LogP contribution in [0.4, 0.5) is 5.95 Å². The van der Waals surface area contributed by atoms with Crippen LogP contribution in [0.1, 0.15) is 12.5 Å². The summed E-state index contributed by atoms with van der Waals surface area (Å²) in [6, 6.07) is 13.9. The number of hydrogen-bond acceptors (Lipinski definition) is 3. The Hall–Kier alpha value is -2.49. The maximum Gasteiger partial charge on any atom is 0.205 e. The molecule has 0 aliphatic rings. The van der Waals surface area contributed by atoms with Crippen LogP contribution in [0.5, 0.6) is 5.75 Å². The van der Waals surface area contributed by atoms with E-state index in [1.165, 1.54) is 0 Å². The summed E-state index contributed by atoms with van der Waals surface area (Å²) in [6.45, 7) is 4.70. The lowest BCUT2D eigenvalue weighted by Gasteiger charge is -2.09. The highest BCUT2D eigenvalue weighted by atomic mass is 16.5. The Balaban J connectivity index is 2.16. The molecule has 2 N–H and O–H groups in total. The van der Waals surface area contributed by atoms with Crippen LogP contribution in [0.2, 0.25) is 0 Å². The van der Waals surface area contributed by atoms with Crippen molar-refractivity contribution in [2.45, 2.75) is 13.8 Å². The first-order valence-corrected chi connectivity index (χ1v) is 6.67. The number of para-hydroxylation sites is 1. The molecule has 0 aliphatic carbocycles. The van der Waals surface area contributed by atoms with Gasteiger partial charge in [-0.3, -0.25) is 4.57 Å². The highest BCUT2D eigenvalue weighted by molar-refractivity contribution is 5.83. The monoisotopic (exact) mass is 267 g/mol. The van der Waals surface area contributed by atoms with Crippen molar-refractivity contribution in [3.8, 4) is 11.4 Å². The van der Waals surface area contributed by atoms with Gasteiger partial charge in [0, 0.05) is 5.69 Å². The average molecular weight is 267 g/mol. The maximum atomic E-state index is 6.07. The van der Waals surface area contributed by atoms with E-state index in [1.54, 1.807) is 0 Å². The number of hydrogen-bond donors (Lipinski definition) is 1. The molecule has 1 heterocycles. The van der Waals surface area contributed by atoms with Gasteiger partial charge in [0.1, 0.15) is 5.75 Å². The molecule has 0 spiro atoms. The van der Waals surface area contributed by atoms with Gasteiger partial charge in [-0.1, -0.05) is 12.1 Å². The van der Waals surface area contributed by atoms with Gasteiger partial charge >= 0.3 is 0 Å². The minimum Gasteiger partial charge on any atom is -0.494 e. The van der Waals surface area contributed by atoms with E-state index in [2.05, 4.69) is 18.0 Å². The lowest BCUT2D eigenvalue weighted by Crippen LogP contribution is -2.01. The molecule has 0 saturated heterocycles. The molecule has 3 rings (SSSR count). The second kappa shape index (κ2) is 4.89. The topological polar surface area (TPSA) is 53.1 Å². The van der Waals surface area contributed by atoms with Crippen molar-refractivity contribution in [3.63, 3.8) is 0 Å². The van der Waals surface area contributed by atoms with E-state index in [1.807, 2.05) is 47.9 Å². The van der Waals surface area contributed by atoms with E-state index in [0.29, 0.717) is 12.6 Å². The first kappa shape index (κ1) is 12.5. The number of rotatable bonds is 3. The number of aromatic nitrogens is 2. The van der Waals surface area contributed by atoms with Gasteiger partial charge in [0.15, 0.2) is 0 Å². The van der Waals surface area contributed by atoms with Gasteiger partial charge in [-0.25, -0.2) is 4.98 Å². The molecule has 1 aromatic heterocycles. The molecule has 20 heavy (non-hydrogen) atoms. The third kappa shape index (κ3) is 1.99. The molecule has 0 unspecified atom stereocenters. The fourth-order valence-corrected chi connectivity index (χ4v) is 2.43. The van der Waals surface area contributed by atoms with Crippen molar-refractivity contribution in [1.29, 1.82) is 0 Å². The number of nitrogen functional groups attached to an aromatic ring is 1. The summed E-state index contributed by atoms with van der Waals surface area (Å²) < 4.78 is 7.44. The number of nitrogens with two attached hydrogens (primary N) is 1. The molecule has 102 valence electrons. The Bertz CT molecular complexity index is 744. The van der Waals surface area contributed by atoms with Gasteiger partial charge in [-0.15, -0.1) is 0 Å². The fourth-order valence-electron chi connectivity index (χ4n) is 2.43. The second-order valence-corrected chi connectivity index (χ2v) is 4.67. The minimum absolute atomic E-state index is 0.499. The summed E-state index contributed by atoms with van der Waals surface area (Å²) in [6.07, 6.45) is 0. The third-order valence-electron chi connectivity index (χ3n) is 3.31. The maximum absolute atomic E-state index is 6.07. The van der Waals surface area contributed by atoms with Crippen LogP contribution >= 0.6 is 0 Å². The van der Waals surface area contributed by atoms with E-state index < -0.39 is 0 Å². The Morgan fingerprint density at radius 3 is 2.60 bits per heavy atom. The van der Waals surface area contributed by atoms with E-state index in [4.69, 9.17) is 10.5 Å². The van der Waals surface area contributed by atoms with Crippen molar-refractivity contribution in [2.24, 2.45) is 0 Å². The third-order valence-corrected chi connectivity index (χ3v) is 3.31. The Morgan fingerprint density at radius 2 is 1.90 bits per heavy atom. The van der Waals surface area contributed by atoms with Crippen LogP contribution in [-0.4, -0.2) is 16.2 Å². The predicted octanol–water partition coefficient (Wildman–Crippen LogP) is 3.31. The Labute approximate surface area is 117 Å². The zero-order valence-electron chi connectivity index (χ0n) is 11.6. The number of fused-ring (bicyclic) bond motifs is 1. The Morgan fingerprint density at radius 1 is 1.15 bits per heavy atom. The highest BCUT2D eigenvalue weighted by Gasteiger charge is 2.11. The molecular weight excluding hydrogens is 250 g/mol. The number of imidazole rings is 1. The van der Waals surface area contributed by atoms with Crippen LogP contribution < -0.4 is 10.5 Å². The van der Waals surface area contributed by atoms with Gasteiger partial charge in [0.25, 0.3) is 0 Å². The van der Waals surface area contributed by atoms with Crippen molar-refractivity contribution >= 4 is 17.0 Å². The number of ether oxygens (including phenoxy) is 1. The van der Waals surface area contributed by atoms with Crippen molar-refractivity contribution < 1.29 is 4.74 Å². The number of benzene rings is 2. The van der Waals surface area contributed by atoms with Crippen LogP contribution in [0.3, 0.4) is 0 Å². The fraction of sp³-hybridized carbons (Fsp3) is 0.188. The van der Waals surface area contributed by atoms with Crippen molar-refractivity contribution in [2.75, 3.05) is 12.3 Å². The SMILES string of the molecule is CCOc1ccc(-n2c(N)nc3cccc(C)c32)cc1.